The van der Waals surface area contributed by atoms with E-state index in [9.17, 15) is 4.79 Å². The number of aromatic nitrogens is 2. The number of benzene rings is 2. The third-order valence-corrected chi connectivity index (χ3v) is 5.26. The van der Waals surface area contributed by atoms with Gasteiger partial charge in [0, 0.05) is 21.0 Å². The lowest BCUT2D eigenvalue weighted by molar-refractivity contribution is 0.242. The van der Waals surface area contributed by atoms with E-state index in [0.717, 1.165) is 10.9 Å². The molecule has 0 radical (unpaired) electrons. The fourth-order valence-corrected chi connectivity index (χ4v) is 3.42. The number of hydrogen-bond donors (Lipinski definition) is 0. The molecule has 0 aliphatic rings. The second-order valence-electron chi connectivity index (χ2n) is 7.15. The molecule has 0 amide bonds. The summed E-state index contributed by atoms with van der Waals surface area (Å²) >= 11 is 9.59. The standard InChI is InChI=1S/C22H23BrClN3O2/c1-5-14(4)21-26-19-8-6-16(23)11-18(19)22(28)27(21)25-12-15-10-17(24)7-9-20(15)29-13(2)3/h6-14H,5H2,1-4H3/t14-/m0/s1. The molecule has 0 aliphatic carbocycles. The predicted molar refractivity (Wildman–Crippen MR) is 123 cm³/mol. The van der Waals surface area contributed by atoms with Crippen LogP contribution in [0, 0.1) is 0 Å². The minimum absolute atomic E-state index is 0.00130. The molecule has 0 fully saturated rings. The van der Waals surface area contributed by atoms with Gasteiger partial charge in [-0.15, -0.1) is 0 Å². The molecule has 0 bridgehead atoms. The molecular formula is C22H23BrClN3O2. The van der Waals surface area contributed by atoms with Crippen LogP contribution in [0.5, 0.6) is 5.75 Å². The van der Waals surface area contributed by atoms with Crippen molar-refractivity contribution >= 4 is 44.6 Å². The van der Waals surface area contributed by atoms with Crippen LogP contribution >= 0.6 is 27.5 Å². The van der Waals surface area contributed by atoms with Crippen molar-refractivity contribution in [2.24, 2.45) is 5.10 Å². The Balaban J connectivity index is 2.18. The number of halogens is 2. The highest BCUT2D eigenvalue weighted by Gasteiger charge is 2.16. The van der Waals surface area contributed by atoms with Crippen molar-refractivity contribution in [3.05, 3.63) is 67.6 Å². The monoisotopic (exact) mass is 475 g/mol. The largest absolute Gasteiger partial charge is 0.490 e. The van der Waals surface area contributed by atoms with Crippen LogP contribution in [0.25, 0.3) is 10.9 Å². The summed E-state index contributed by atoms with van der Waals surface area (Å²) in [6.07, 6.45) is 2.44. The Morgan fingerprint density at radius 3 is 2.69 bits per heavy atom. The maximum atomic E-state index is 13.2. The summed E-state index contributed by atoms with van der Waals surface area (Å²) in [4.78, 5) is 17.9. The number of hydrogen-bond acceptors (Lipinski definition) is 4. The first-order chi connectivity index (χ1) is 13.8. The number of nitrogens with zero attached hydrogens (tertiary/aromatic N) is 3. The number of ether oxygens (including phenoxy) is 1. The van der Waals surface area contributed by atoms with Crippen LogP contribution in [-0.4, -0.2) is 22.0 Å². The Labute approximate surface area is 183 Å². The molecule has 29 heavy (non-hydrogen) atoms. The Morgan fingerprint density at radius 2 is 2.00 bits per heavy atom. The first kappa shape index (κ1) is 21.5. The molecule has 0 spiro atoms. The molecule has 2 aromatic carbocycles. The van der Waals surface area contributed by atoms with Gasteiger partial charge in [-0.1, -0.05) is 41.4 Å². The molecule has 152 valence electrons. The zero-order valence-electron chi connectivity index (χ0n) is 16.8. The zero-order chi connectivity index (χ0) is 21.1. The molecule has 1 atom stereocenters. The van der Waals surface area contributed by atoms with Gasteiger partial charge in [-0.2, -0.15) is 9.78 Å². The molecule has 0 N–H and O–H groups in total. The second-order valence-corrected chi connectivity index (χ2v) is 8.50. The normalized spacial score (nSPS) is 12.8. The molecule has 0 aliphatic heterocycles. The average molecular weight is 477 g/mol. The topological polar surface area (TPSA) is 56.5 Å². The van der Waals surface area contributed by atoms with E-state index >= 15 is 0 Å². The maximum Gasteiger partial charge on any atom is 0.282 e. The molecule has 3 aromatic rings. The third-order valence-electron chi connectivity index (χ3n) is 4.53. The van der Waals surface area contributed by atoms with Crippen molar-refractivity contribution in [3.8, 4) is 5.75 Å². The van der Waals surface area contributed by atoms with Gasteiger partial charge in [-0.05, 0) is 56.7 Å². The van der Waals surface area contributed by atoms with Crippen molar-refractivity contribution in [1.82, 2.24) is 9.66 Å². The second kappa shape index (κ2) is 9.09. The van der Waals surface area contributed by atoms with Crippen LogP contribution in [0.15, 0.2) is 50.8 Å². The minimum atomic E-state index is -0.212. The number of fused-ring (bicyclic) bond motifs is 1. The zero-order valence-corrected chi connectivity index (χ0v) is 19.2. The highest BCUT2D eigenvalue weighted by Crippen LogP contribution is 2.24. The minimum Gasteiger partial charge on any atom is -0.490 e. The molecule has 1 heterocycles. The van der Waals surface area contributed by atoms with E-state index in [0.29, 0.717) is 33.1 Å². The van der Waals surface area contributed by atoms with Crippen LogP contribution < -0.4 is 10.3 Å². The number of rotatable bonds is 6. The van der Waals surface area contributed by atoms with E-state index in [1.54, 1.807) is 30.5 Å². The van der Waals surface area contributed by atoms with Gasteiger partial charge in [0.2, 0.25) is 0 Å². The summed E-state index contributed by atoms with van der Waals surface area (Å²) < 4.78 is 8.04. The van der Waals surface area contributed by atoms with Crippen molar-refractivity contribution in [1.29, 1.82) is 0 Å². The van der Waals surface area contributed by atoms with Crippen LogP contribution in [-0.2, 0) is 0 Å². The Morgan fingerprint density at radius 1 is 1.24 bits per heavy atom. The van der Waals surface area contributed by atoms with Gasteiger partial charge < -0.3 is 4.74 Å². The molecule has 1 aromatic heterocycles. The third kappa shape index (κ3) is 4.87. The van der Waals surface area contributed by atoms with Gasteiger partial charge in [-0.25, -0.2) is 4.98 Å². The van der Waals surface area contributed by atoms with E-state index in [-0.39, 0.29) is 17.6 Å². The first-order valence-electron chi connectivity index (χ1n) is 9.53. The van der Waals surface area contributed by atoms with E-state index in [2.05, 4.69) is 28.0 Å². The highest BCUT2D eigenvalue weighted by atomic mass is 79.9. The van der Waals surface area contributed by atoms with Crippen molar-refractivity contribution in [3.63, 3.8) is 0 Å². The summed E-state index contributed by atoms with van der Waals surface area (Å²) in [5.41, 5.74) is 1.14. The molecule has 0 unspecified atom stereocenters. The van der Waals surface area contributed by atoms with Gasteiger partial charge >= 0.3 is 0 Å². The van der Waals surface area contributed by atoms with Crippen molar-refractivity contribution in [2.75, 3.05) is 0 Å². The highest BCUT2D eigenvalue weighted by molar-refractivity contribution is 9.10. The van der Waals surface area contributed by atoms with Crippen molar-refractivity contribution < 1.29 is 4.74 Å². The Bertz CT molecular complexity index is 1120. The molecule has 3 rings (SSSR count). The molecule has 5 nitrogen and oxygen atoms in total. The fourth-order valence-electron chi connectivity index (χ4n) is 2.88. The smallest absolute Gasteiger partial charge is 0.282 e. The predicted octanol–water partition coefficient (Wildman–Crippen LogP) is 6.00. The quantitative estimate of drug-likeness (QED) is 0.410. The maximum absolute atomic E-state index is 13.2. The van der Waals surface area contributed by atoms with Gasteiger partial charge in [-0.3, -0.25) is 4.79 Å². The van der Waals surface area contributed by atoms with Crippen LogP contribution in [0.3, 0.4) is 0 Å². The molecule has 0 saturated heterocycles. The Hall–Kier alpha value is -2.18. The first-order valence-corrected chi connectivity index (χ1v) is 10.7. The van der Waals surface area contributed by atoms with Gasteiger partial charge in [0.15, 0.2) is 0 Å². The lowest BCUT2D eigenvalue weighted by atomic mass is 10.1. The fraction of sp³-hybridized carbons (Fsp3) is 0.318. The van der Waals surface area contributed by atoms with Gasteiger partial charge in [0.1, 0.15) is 11.6 Å². The van der Waals surface area contributed by atoms with E-state index in [1.807, 2.05) is 32.9 Å². The van der Waals surface area contributed by atoms with Gasteiger partial charge in [0.25, 0.3) is 5.56 Å². The molecular weight excluding hydrogens is 454 g/mol. The van der Waals surface area contributed by atoms with Crippen LogP contribution in [0.4, 0.5) is 0 Å². The SMILES string of the molecule is CC[C@H](C)c1nc2ccc(Br)cc2c(=O)n1N=Cc1cc(Cl)ccc1OC(C)C. The summed E-state index contributed by atoms with van der Waals surface area (Å²) in [6, 6.07) is 10.8. The lowest BCUT2D eigenvalue weighted by Crippen LogP contribution is -2.23. The van der Waals surface area contributed by atoms with E-state index < -0.39 is 0 Å². The van der Waals surface area contributed by atoms with Crippen molar-refractivity contribution in [2.45, 2.75) is 46.1 Å². The Kier molecular flexibility index (Phi) is 6.75. The molecule has 0 saturated carbocycles. The van der Waals surface area contributed by atoms with Crippen LogP contribution in [0.1, 0.15) is 51.4 Å². The summed E-state index contributed by atoms with van der Waals surface area (Å²) in [7, 11) is 0. The lowest BCUT2D eigenvalue weighted by Gasteiger charge is -2.15. The summed E-state index contributed by atoms with van der Waals surface area (Å²) in [6.45, 7) is 7.99. The van der Waals surface area contributed by atoms with Crippen LogP contribution in [0.2, 0.25) is 5.02 Å². The summed E-state index contributed by atoms with van der Waals surface area (Å²) in [5.74, 6) is 1.35. The van der Waals surface area contributed by atoms with Gasteiger partial charge in [0.05, 0.1) is 23.2 Å². The van der Waals surface area contributed by atoms with E-state index in [4.69, 9.17) is 21.3 Å². The average Bonchev–Trinajstić information content (AvgIpc) is 2.68. The molecule has 7 heteroatoms. The summed E-state index contributed by atoms with van der Waals surface area (Å²) in [5, 5.41) is 5.57. The van der Waals surface area contributed by atoms with E-state index in [1.165, 1.54) is 4.68 Å².